The second-order valence-electron chi connectivity index (χ2n) is 10.2. The summed E-state index contributed by atoms with van der Waals surface area (Å²) in [6.07, 6.45) is -6.42. The van der Waals surface area contributed by atoms with Gasteiger partial charge in [0.25, 0.3) is 5.91 Å². The molecule has 2 saturated heterocycles. The minimum Gasteiger partial charge on any atom is -0.463 e. The molecule has 13 heteroatoms. The van der Waals surface area contributed by atoms with Crippen molar-refractivity contribution >= 4 is 29.8 Å². The van der Waals surface area contributed by atoms with Crippen molar-refractivity contribution in [1.29, 1.82) is 0 Å². The van der Waals surface area contributed by atoms with Gasteiger partial charge >= 0.3 is 23.9 Å². The minimum absolute atomic E-state index is 0.0478. The molecule has 1 amide bonds. The average Bonchev–Trinajstić information content (AvgIpc) is 2.99. The van der Waals surface area contributed by atoms with Crippen molar-refractivity contribution in [3.05, 3.63) is 54.1 Å². The lowest BCUT2D eigenvalue weighted by Crippen LogP contribution is -2.63. The minimum atomic E-state index is -1.34. The highest BCUT2D eigenvalue weighted by atomic mass is 16.7. The van der Waals surface area contributed by atoms with Gasteiger partial charge in [0.15, 0.2) is 12.2 Å². The molecule has 2 aliphatic heterocycles. The Morgan fingerprint density at radius 3 is 1.77 bits per heavy atom. The summed E-state index contributed by atoms with van der Waals surface area (Å²) in [7, 11) is 0. The Morgan fingerprint density at radius 2 is 1.23 bits per heavy atom. The van der Waals surface area contributed by atoms with Gasteiger partial charge in [0.2, 0.25) is 12.4 Å². The number of ether oxygens (including phenoxy) is 7. The SMILES string of the molecule is CC(=O)OC[C@H]1O[C@@H](Oc2ccc(-c3ccc(C(=O)N4CCOCC4)cc3)cc2)[C@@H](OC(C)=O)[C@@H](OC(C)=O)[C@@H]1OC(C)=O. The van der Waals surface area contributed by atoms with Gasteiger partial charge in [0, 0.05) is 46.3 Å². The highest BCUT2D eigenvalue weighted by molar-refractivity contribution is 5.94. The van der Waals surface area contributed by atoms with Crippen molar-refractivity contribution in [2.75, 3.05) is 32.9 Å². The van der Waals surface area contributed by atoms with Crippen molar-refractivity contribution < 1.29 is 57.1 Å². The molecule has 2 heterocycles. The lowest BCUT2D eigenvalue weighted by atomic mass is 9.98. The van der Waals surface area contributed by atoms with Crippen molar-refractivity contribution in [2.45, 2.75) is 58.4 Å². The van der Waals surface area contributed by atoms with Crippen LogP contribution in [0.4, 0.5) is 0 Å². The Balaban J connectivity index is 1.54. The first-order valence-corrected chi connectivity index (χ1v) is 14.1. The van der Waals surface area contributed by atoms with Gasteiger partial charge in [0.05, 0.1) is 13.2 Å². The van der Waals surface area contributed by atoms with Crippen molar-refractivity contribution in [3.63, 3.8) is 0 Å². The molecular formula is C31H35NO12. The molecule has 236 valence electrons. The van der Waals surface area contributed by atoms with E-state index in [4.69, 9.17) is 33.2 Å². The van der Waals surface area contributed by atoms with Crippen LogP contribution in [0.3, 0.4) is 0 Å². The van der Waals surface area contributed by atoms with E-state index in [-0.39, 0.29) is 12.5 Å². The zero-order chi connectivity index (χ0) is 31.8. The standard InChI is InChI=1S/C31H35NO12/c1-18(33)39-17-26-27(40-19(2)34)28(41-20(3)35)29(42-21(4)36)31(44-26)43-25-11-9-23(10-12-25)22-5-7-24(8-6-22)30(37)32-13-15-38-16-14-32/h5-12,26-29,31H,13-17H2,1-4H3/t26-,27-,28+,29+,31-/m1/s1. The van der Waals surface area contributed by atoms with Crippen LogP contribution in [-0.4, -0.2) is 98.3 Å². The maximum Gasteiger partial charge on any atom is 0.303 e. The third kappa shape index (κ3) is 8.54. The fourth-order valence-electron chi connectivity index (χ4n) is 4.90. The van der Waals surface area contributed by atoms with E-state index in [0.717, 1.165) is 31.9 Å². The predicted molar refractivity (Wildman–Crippen MR) is 151 cm³/mol. The zero-order valence-electron chi connectivity index (χ0n) is 24.9. The van der Waals surface area contributed by atoms with Crippen molar-refractivity contribution in [2.24, 2.45) is 0 Å². The van der Waals surface area contributed by atoms with E-state index in [2.05, 4.69) is 0 Å². The topological polar surface area (TPSA) is 153 Å². The lowest BCUT2D eigenvalue weighted by molar-refractivity contribution is -0.288. The van der Waals surface area contributed by atoms with E-state index < -0.39 is 54.6 Å². The molecule has 0 spiro atoms. The van der Waals surface area contributed by atoms with E-state index >= 15 is 0 Å². The first-order valence-electron chi connectivity index (χ1n) is 14.1. The lowest BCUT2D eigenvalue weighted by Gasteiger charge is -2.43. The molecule has 0 aromatic heterocycles. The third-order valence-corrected chi connectivity index (χ3v) is 6.82. The predicted octanol–water partition coefficient (Wildman–Crippen LogP) is 2.29. The summed E-state index contributed by atoms with van der Waals surface area (Å²) >= 11 is 0. The number of carbonyl (C=O) groups excluding carboxylic acids is 5. The van der Waals surface area contributed by atoms with Crippen LogP contribution < -0.4 is 4.74 Å². The highest BCUT2D eigenvalue weighted by Gasteiger charge is 2.53. The van der Waals surface area contributed by atoms with Crippen LogP contribution in [0.1, 0.15) is 38.1 Å². The molecule has 0 bridgehead atoms. The number of hydrogen-bond donors (Lipinski definition) is 0. The quantitative estimate of drug-likeness (QED) is 0.301. The summed E-state index contributed by atoms with van der Waals surface area (Å²) in [5, 5.41) is 0. The van der Waals surface area contributed by atoms with Crippen LogP contribution in [-0.2, 0) is 47.6 Å². The normalized spacial score (nSPS) is 23.2. The van der Waals surface area contributed by atoms with Gasteiger partial charge in [-0.05, 0) is 35.4 Å². The Morgan fingerprint density at radius 1 is 0.705 bits per heavy atom. The van der Waals surface area contributed by atoms with E-state index in [0.29, 0.717) is 37.6 Å². The van der Waals surface area contributed by atoms with Gasteiger partial charge < -0.3 is 38.1 Å². The first kappa shape index (κ1) is 32.4. The summed E-state index contributed by atoms with van der Waals surface area (Å²) in [4.78, 5) is 62.0. The molecule has 0 radical (unpaired) electrons. The Kier molecular flexibility index (Phi) is 10.9. The molecular weight excluding hydrogens is 578 g/mol. The molecule has 5 atom stereocenters. The molecule has 0 aliphatic carbocycles. The summed E-state index contributed by atoms with van der Waals surface area (Å²) in [6, 6.07) is 14.2. The summed E-state index contributed by atoms with van der Waals surface area (Å²) in [6.45, 7) is 6.44. The maximum absolute atomic E-state index is 12.8. The van der Waals surface area contributed by atoms with E-state index in [9.17, 15) is 24.0 Å². The van der Waals surface area contributed by atoms with Gasteiger partial charge in [-0.2, -0.15) is 0 Å². The van der Waals surface area contributed by atoms with Crippen molar-refractivity contribution in [3.8, 4) is 16.9 Å². The number of benzene rings is 2. The summed E-state index contributed by atoms with van der Waals surface area (Å²) in [5.74, 6) is -2.54. The van der Waals surface area contributed by atoms with Gasteiger partial charge in [0.1, 0.15) is 18.5 Å². The molecule has 13 nitrogen and oxygen atoms in total. The van der Waals surface area contributed by atoms with E-state index in [1.807, 2.05) is 12.1 Å². The molecule has 2 aromatic rings. The highest BCUT2D eigenvalue weighted by Crippen LogP contribution is 2.32. The number of rotatable bonds is 9. The Bertz CT molecular complexity index is 1340. The van der Waals surface area contributed by atoms with Gasteiger partial charge in [-0.1, -0.05) is 24.3 Å². The van der Waals surface area contributed by atoms with Crippen LogP contribution in [0.2, 0.25) is 0 Å². The fraction of sp³-hybridized carbons (Fsp3) is 0.452. The third-order valence-electron chi connectivity index (χ3n) is 6.82. The fourth-order valence-corrected chi connectivity index (χ4v) is 4.90. The van der Waals surface area contributed by atoms with Crippen LogP contribution in [0.15, 0.2) is 48.5 Å². The van der Waals surface area contributed by atoms with Crippen LogP contribution >= 0.6 is 0 Å². The smallest absolute Gasteiger partial charge is 0.303 e. The van der Waals surface area contributed by atoms with Crippen LogP contribution in [0.5, 0.6) is 5.75 Å². The average molecular weight is 614 g/mol. The largest absolute Gasteiger partial charge is 0.463 e. The maximum atomic E-state index is 12.8. The molecule has 2 aliphatic rings. The van der Waals surface area contributed by atoms with E-state index in [1.165, 1.54) is 6.92 Å². The Labute approximate surface area is 254 Å². The molecule has 44 heavy (non-hydrogen) atoms. The summed E-state index contributed by atoms with van der Waals surface area (Å²) < 4.78 is 38.7. The van der Waals surface area contributed by atoms with Crippen molar-refractivity contribution in [1.82, 2.24) is 4.90 Å². The summed E-state index contributed by atoms with van der Waals surface area (Å²) in [5.41, 5.74) is 2.28. The number of hydrogen-bond acceptors (Lipinski definition) is 12. The van der Waals surface area contributed by atoms with Gasteiger partial charge in [-0.3, -0.25) is 24.0 Å². The second kappa shape index (κ2) is 14.8. The van der Waals surface area contributed by atoms with Crippen LogP contribution in [0.25, 0.3) is 11.1 Å². The van der Waals surface area contributed by atoms with E-state index in [1.54, 1.807) is 41.3 Å². The number of morpholine rings is 1. The molecule has 0 N–H and O–H groups in total. The molecule has 0 unspecified atom stereocenters. The first-order chi connectivity index (χ1) is 21.0. The second-order valence-corrected chi connectivity index (χ2v) is 10.2. The number of nitrogens with zero attached hydrogens (tertiary/aromatic N) is 1. The zero-order valence-corrected chi connectivity index (χ0v) is 24.9. The molecule has 2 fully saturated rings. The molecule has 2 aromatic carbocycles. The van der Waals surface area contributed by atoms with Gasteiger partial charge in [-0.15, -0.1) is 0 Å². The Hall–Kier alpha value is -4.49. The van der Waals surface area contributed by atoms with Crippen LogP contribution in [0, 0.1) is 0 Å². The monoisotopic (exact) mass is 613 g/mol. The number of amides is 1. The number of carbonyl (C=O) groups is 5. The van der Waals surface area contributed by atoms with Gasteiger partial charge in [-0.25, -0.2) is 0 Å². The molecule has 0 saturated carbocycles. The molecule has 4 rings (SSSR count). The number of esters is 4.